The zero-order chi connectivity index (χ0) is 16.9. The molecule has 0 aromatic heterocycles. The molecule has 1 aliphatic carbocycles. The van der Waals surface area contributed by atoms with Crippen molar-refractivity contribution in [2.45, 2.75) is 25.3 Å². The highest BCUT2D eigenvalue weighted by atomic mass is 79.9. The summed E-state index contributed by atoms with van der Waals surface area (Å²) in [5.74, 6) is -0.421. The zero-order valence-electron chi connectivity index (χ0n) is 13.2. The Morgan fingerprint density at radius 1 is 1.12 bits per heavy atom. The van der Waals surface area contributed by atoms with Gasteiger partial charge in [-0.15, -0.1) is 0 Å². The van der Waals surface area contributed by atoms with Crippen LogP contribution in [0.5, 0.6) is 0 Å². The number of aryl methyl sites for hydroxylation is 1. The standard InChI is InChI=1S/C19H19BrN2O2/c20-15-8-3-7-14(11-15)19(24)21-12-18(23)22-17-10-4-6-13-5-1-2-9-16(13)17/h1-3,5,7-9,11,17H,4,6,10,12H2,(H,21,24)(H,22,23). The first-order valence-corrected chi connectivity index (χ1v) is 8.84. The smallest absolute Gasteiger partial charge is 0.251 e. The van der Waals surface area contributed by atoms with Gasteiger partial charge < -0.3 is 10.6 Å². The number of benzene rings is 2. The van der Waals surface area contributed by atoms with Gasteiger partial charge in [0.05, 0.1) is 12.6 Å². The summed E-state index contributed by atoms with van der Waals surface area (Å²) in [6.45, 7) is -0.0238. The molecule has 0 spiro atoms. The monoisotopic (exact) mass is 386 g/mol. The van der Waals surface area contributed by atoms with Crippen LogP contribution >= 0.6 is 15.9 Å². The predicted octanol–water partition coefficient (Wildman–Crippen LogP) is 3.37. The van der Waals surface area contributed by atoms with E-state index in [2.05, 4.69) is 38.7 Å². The Morgan fingerprint density at radius 3 is 2.79 bits per heavy atom. The first kappa shape index (κ1) is 16.7. The lowest BCUT2D eigenvalue weighted by molar-refractivity contribution is -0.121. The minimum absolute atomic E-state index is 0.0238. The third-order valence-electron chi connectivity index (χ3n) is 4.20. The van der Waals surface area contributed by atoms with Crippen molar-refractivity contribution < 1.29 is 9.59 Å². The Kier molecular flexibility index (Phi) is 5.30. The lowest BCUT2D eigenvalue weighted by Crippen LogP contribution is -2.39. The van der Waals surface area contributed by atoms with E-state index in [4.69, 9.17) is 0 Å². The normalized spacial score (nSPS) is 16.1. The highest BCUT2D eigenvalue weighted by Gasteiger charge is 2.21. The van der Waals surface area contributed by atoms with Gasteiger partial charge in [-0.25, -0.2) is 0 Å². The second-order valence-electron chi connectivity index (χ2n) is 5.90. The summed E-state index contributed by atoms with van der Waals surface area (Å²) in [5.41, 5.74) is 3.02. The van der Waals surface area contributed by atoms with Crippen LogP contribution in [0.25, 0.3) is 0 Å². The molecule has 124 valence electrons. The fourth-order valence-corrected chi connectivity index (χ4v) is 3.44. The SMILES string of the molecule is O=C(CNC(=O)c1cccc(Br)c1)NC1CCCc2ccccc21. The molecule has 0 saturated heterocycles. The van der Waals surface area contributed by atoms with Crippen molar-refractivity contribution in [2.24, 2.45) is 0 Å². The lowest BCUT2D eigenvalue weighted by atomic mass is 9.88. The maximum absolute atomic E-state index is 12.2. The molecule has 0 heterocycles. The van der Waals surface area contributed by atoms with Gasteiger partial charge in [0.1, 0.15) is 0 Å². The Morgan fingerprint density at radius 2 is 1.96 bits per heavy atom. The molecule has 2 amide bonds. The Labute approximate surface area is 149 Å². The number of hydrogen-bond acceptors (Lipinski definition) is 2. The Balaban J connectivity index is 1.56. The average Bonchev–Trinajstić information content (AvgIpc) is 2.60. The second-order valence-corrected chi connectivity index (χ2v) is 6.82. The number of hydrogen-bond donors (Lipinski definition) is 2. The summed E-state index contributed by atoms with van der Waals surface area (Å²) in [6.07, 6.45) is 3.05. The Bertz CT molecular complexity index is 761. The van der Waals surface area contributed by atoms with Gasteiger partial charge in [0.25, 0.3) is 5.91 Å². The molecule has 24 heavy (non-hydrogen) atoms. The summed E-state index contributed by atoms with van der Waals surface area (Å²) in [6, 6.07) is 15.3. The van der Waals surface area contributed by atoms with Crippen molar-refractivity contribution in [1.82, 2.24) is 10.6 Å². The number of halogens is 1. The predicted molar refractivity (Wildman–Crippen MR) is 96.7 cm³/mol. The maximum atomic E-state index is 12.2. The first-order valence-electron chi connectivity index (χ1n) is 8.04. The minimum atomic E-state index is -0.254. The van der Waals surface area contributed by atoms with Crippen LogP contribution in [0.2, 0.25) is 0 Å². The molecule has 0 aliphatic heterocycles. The average molecular weight is 387 g/mol. The number of rotatable bonds is 4. The molecule has 2 aromatic carbocycles. The van der Waals surface area contributed by atoms with Crippen molar-refractivity contribution in [1.29, 1.82) is 0 Å². The number of carbonyl (C=O) groups is 2. The van der Waals surface area contributed by atoms with E-state index in [1.165, 1.54) is 11.1 Å². The van der Waals surface area contributed by atoms with Crippen LogP contribution in [-0.2, 0) is 11.2 Å². The van der Waals surface area contributed by atoms with E-state index in [1.807, 2.05) is 18.2 Å². The molecule has 0 fully saturated rings. The molecule has 0 saturated carbocycles. The number of amides is 2. The summed E-state index contributed by atoms with van der Waals surface area (Å²) in [7, 11) is 0. The topological polar surface area (TPSA) is 58.2 Å². The molecule has 0 radical (unpaired) electrons. The third-order valence-corrected chi connectivity index (χ3v) is 4.69. The summed E-state index contributed by atoms with van der Waals surface area (Å²) < 4.78 is 0.832. The third kappa shape index (κ3) is 4.03. The molecule has 5 heteroatoms. The van der Waals surface area contributed by atoms with Gasteiger partial charge in [-0.1, -0.05) is 46.3 Å². The molecule has 2 aromatic rings. The molecular weight excluding hydrogens is 368 g/mol. The van der Waals surface area contributed by atoms with Gasteiger partial charge in [0.15, 0.2) is 0 Å². The van der Waals surface area contributed by atoms with Crippen molar-refractivity contribution in [2.75, 3.05) is 6.54 Å². The number of carbonyl (C=O) groups excluding carboxylic acids is 2. The molecule has 0 bridgehead atoms. The zero-order valence-corrected chi connectivity index (χ0v) is 14.8. The van der Waals surface area contributed by atoms with Crippen LogP contribution in [0.1, 0.15) is 40.4 Å². The van der Waals surface area contributed by atoms with Crippen LogP contribution in [-0.4, -0.2) is 18.4 Å². The maximum Gasteiger partial charge on any atom is 0.251 e. The van der Waals surface area contributed by atoms with Crippen molar-refractivity contribution >= 4 is 27.7 Å². The van der Waals surface area contributed by atoms with Crippen LogP contribution in [0, 0.1) is 0 Å². The quantitative estimate of drug-likeness (QED) is 0.845. The molecule has 1 unspecified atom stereocenters. The minimum Gasteiger partial charge on any atom is -0.348 e. The van der Waals surface area contributed by atoms with Gasteiger partial charge in [-0.05, 0) is 48.6 Å². The largest absolute Gasteiger partial charge is 0.348 e. The highest BCUT2D eigenvalue weighted by Crippen LogP contribution is 2.29. The van der Waals surface area contributed by atoms with Gasteiger partial charge in [-0.2, -0.15) is 0 Å². The van der Waals surface area contributed by atoms with Crippen LogP contribution in [0.3, 0.4) is 0 Å². The summed E-state index contributed by atoms with van der Waals surface area (Å²) >= 11 is 3.33. The van der Waals surface area contributed by atoms with E-state index in [9.17, 15) is 9.59 Å². The summed E-state index contributed by atoms with van der Waals surface area (Å²) in [5, 5.41) is 5.70. The second kappa shape index (κ2) is 7.62. The van der Waals surface area contributed by atoms with Gasteiger partial charge in [-0.3, -0.25) is 9.59 Å². The molecule has 2 N–H and O–H groups in total. The molecule has 1 aliphatic rings. The lowest BCUT2D eigenvalue weighted by Gasteiger charge is -2.26. The van der Waals surface area contributed by atoms with Gasteiger partial charge in [0, 0.05) is 10.0 Å². The first-order chi connectivity index (χ1) is 11.6. The fourth-order valence-electron chi connectivity index (χ4n) is 3.04. The fraction of sp³-hybridized carbons (Fsp3) is 0.263. The van der Waals surface area contributed by atoms with Crippen LogP contribution < -0.4 is 10.6 Å². The van der Waals surface area contributed by atoms with Gasteiger partial charge >= 0.3 is 0 Å². The number of nitrogens with one attached hydrogen (secondary N) is 2. The van der Waals surface area contributed by atoms with E-state index in [0.29, 0.717) is 5.56 Å². The van der Waals surface area contributed by atoms with Crippen LogP contribution in [0.15, 0.2) is 53.0 Å². The van der Waals surface area contributed by atoms with E-state index < -0.39 is 0 Å². The van der Waals surface area contributed by atoms with E-state index in [0.717, 1.165) is 23.7 Å². The van der Waals surface area contributed by atoms with E-state index in [1.54, 1.807) is 18.2 Å². The van der Waals surface area contributed by atoms with E-state index in [-0.39, 0.29) is 24.4 Å². The molecule has 1 atom stereocenters. The molecular formula is C19H19BrN2O2. The van der Waals surface area contributed by atoms with Gasteiger partial charge in [0.2, 0.25) is 5.91 Å². The van der Waals surface area contributed by atoms with Crippen molar-refractivity contribution in [3.8, 4) is 0 Å². The van der Waals surface area contributed by atoms with Crippen LogP contribution in [0.4, 0.5) is 0 Å². The Hall–Kier alpha value is -2.14. The van der Waals surface area contributed by atoms with Crippen molar-refractivity contribution in [3.05, 3.63) is 69.7 Å². The van der Waals surface area contributed by atoms with Crippen molar-refractivity contribution in [3.63, 3.8) is 0 Å². The number of fused-ring (bicyclic) bond motifs is 1. The summed E-state index contributed by atoms with van der Waals surface area (Å²) in [4.78, 5) is 24.3. The molecule has 3 rings (SSSR count). The highest BCUT2D eigenvalue weighted by molar-refractivity contribution is 9.10. The molecule has 4 nitrogen and oxygen atoms in total. The van der Waals surface area contributed by atoms with E-state index >= 15 is 0 Å².